The Labute approximate surface area is 169 Å². The maximum atomic E-state index is 12.6. The summed E-state index contributed by atoms with van der Waals surface area (Å²) >= 11 is 0. The molecule has 2 aromatic carbocycles. The molecule has 0 atom stereocenters. The molecule has 0 aliphatic carbocycles. The first-order chi connectivity index (χ1) is 14.0. The lowest BCUT2D eigenvalue weighted by Crippen LogP contribution is -2.06. The van der Waals surface area contributed by atoms with Crippen LogP contribution in [0.3, 0.4) is 0 Å². The summed E-state index contributed by atoms with van der Waals surface area (Å²) in [4.78, 5) is 16.1. The van der Waals surface area contributed by atoms with Crippen molar-refractivity contribution in [3.8, 4) is 11.4 Å². The van der Waals surface area contributed by atoms with Gasteiger partial charge in [-0.3, -0.25) is 0 Å². The van der Waals surface area contributed by atoms with Crippen LogP contribution in [0, 0.1) is 0 Å². The molecule has 11 heteroatoms. The van der Waals surface area contributed by atoms with Gasteiger partial charge in [-0.05, 0) is 29.8 Å². The molecule has 0 aliphatic heterocycles. The van der Waals surface area contributed by atoms with Gasteiger partial charge in [-0.1, -0.05) is 29.4 Å². The Morgan fingerprint density at radius 1 is 1.07 bits per heavy atom. The molecule has 7 nitrogen and oxygen atoms in total. The van der Waals surface area contributed by atoms with Gasteiger partial charge >= 0.3 is 12.1 Å². The van der Waals surface area contributed by atoms with Gasteiger partial charge in [-0.15, -0.1) is 0 Å². The molecule has 1 aromatic heterocycles. The van der Waals surface area contributed by atoms with E-state index in [2.05, 4.69) is 10.1 Å². The highest BCUT2D eigenvalue weighted by Crippen LogP contribution is 2.30. The van der Waals surface area contributed by atoms with E-state index in [0.29, 0.717) is 11.1 Å². The average molecular weight is 440 g/mol. The van der Waals surface area contributed by atoms with Crippen molar-refractivity contribution >= 4 is 15.8 Å². The van der Waals surface area contributed by atoms with Gasteiger partial charge in [0.25, 0.3) is 5.89 Å². The Morgan fingerprint density at radius 2 is 1.70 bits per heavy atom. The largest absolute Gasteiger partial charge is 0.452 e. The Kier molecular flexibility index (Phi) is 5.92. The van der Waals surface area contributed by atoms with E-state index < -0.39 is 27.5 Å². The number of hydrogen-bond donors (Lipinski definition) is 0. The third kappa shape index (κ3) is 5.66. The standard InChI is InChI=1S/C19H15F3N2O5S/c1-30(26,27)11-12-2-4-14(5-3-12)18(25)28-10-16-23-17(24-29-16)13-6-8-15(9-7-13)19(20,21)22/h2-9H,10-11H2,1H3. The van der Waals surface area contributed by atoms with Gasteiger partial charge in [0.05, 0.1) is 16.9 Å². The second-order valence-corrected chi connectivity index (χ2v) is 8.57. The summed E-state index contributed by atoms with van der Waals surface area (Å²) in [5.41, 5.74) is 0.249. The van der Waals surface area contributed by atoms with Crippen LogP contribution in [0.15, 0.2) is 53.1 Å². The number of sulfone groups is 1. The van der Waals surface area contributed by atoms with Gasteiger partial charge < -0.3 is 9.26 Å². The number of esters is 1. The van der Waals surface area contributed by atoms with E-state index >= 15 is 0 Å². The van der Waals surface area contributed by atoms with Gasteiger partial charge in [0.15, 0.2) is 16.4 Å². The lowest BCUT2D eigenvalue weighted by Gasteiger charge is -2.05. The summed E-state index contributed by atoms with van der Waals surface area (Å²) in [5.74, 6) is -0.807. The highest BCUT2D eigenvalue weighted by molar-refractivity contribution is 7.89. The summed E-state index contributed by atoms with van der Waals surface area (Å²) < 4.78 is 70.4. The Hall–Kier alpha value is -3.21. The lowest BCUT2D eigenvalue weighted by molar-refractivity contribution is -0.137. The predicted molar refractivity (Wildman–Crippen MR) is 98.8 cm³/mol. The molecule has 0 saturated carbocycles. The summed E-state index contributed by atoms with van der Waals surface area (Å²) in [5, 5.41) is 3.66. The van der Waals surface area contributed by atoms with E-state index in [9.17, 15) is 26.4 Å². The van der Waals surface area contributed by atoms with Crippen LogP contribution in [0.25, 0.3) is 11.4 Å². The van der Waals surface area contributed by atoms with Gasteiger partial charge in [-0.2, -0.15) is 18.2 Å². The third-order valence-electron chi connectivity index (χ3n) is 3.88. The monoisotopic (exact) mass is 440 g/mol. The van der Waals surface area contributed by atoms with E-state index in [1.807, 2.05) is 0 Å². The van der Waals surface area contributed by atoms with E-state index in [4.69, 9.17) is 9.26 Å². The number of benzene rings is 2. The summed E-state index contributed by atoms with van der Waals surface area (Å²) in [6.07, 6.45) is -3.34. The van der Waals surface area contributed by atoms with Crippen LogP contribution in [0.5, 0.6) is 0 Å². The second kappa shape index (κ2) is 8.27. The fourth-order valence-electron chi connectivity index (χ4n) is 2.49. The molecule has 1 heterocycles. The molecule has 3 aromatic rings. The smallest absolute Gasteiger partial charge is 0.416 e. The molecule has 158 valence electrons. The Morgan fingerprint density at radius 3 is 2.27 bits per heavy atom. The Bertz CT molecular complexity index is 1140. The second-order valence-electron chi connectivity index (χ2n) is 6.43. The van der Waals surface area contributed by atoms with E-state index in [1.54, 1.807) is 0 Å². The topological polar surface area (TPSA) is 99.4 Å². The molecular weight excluding hydrogens is 425 g/mol. The number of aromatic nitrogens is 2. The molecule has 0 unspecified atom stereocenters. The van der Waals surface area contributed by atoms with E-state index in [1.165, 1.54) is 36.4 Å². The molecular formula is C19H15F3N2O5S. The van der Waals surface area contributed by atoms with Crippen molar-refractivity contribution in [2.45, 2.75) is 18.5 Å². The highest BCUT2D eigenvalue weighted by atomic mass is 32.2. The molecule has 0 saturated heterocycles. The zero-order valence-corrected chi connectivity index (χ0v) is 16.3. The fraction of sp³-hybridized carbons (Fsp3) is 0.211. The molecule has 30 heavy (non-hydrogen) atoms. The van der Waals surface area contributed by atoms with Crippen LogP contribution >= 0.6 is 0 Å². The van der Waals surface area contributed by atoms with Crippen molar-refractivity contribution in [2.75, 3.05) is 6.26 Å². The summed E-state index contributed by atoms with van der Waals surface area (Å²) in [7, 11) is -3.19. The van der Waals surface area contributed by atoms with Crippen molar-refractivity contribution in [2.24, 2.45) is 0 Å². The van der Waals surface area contributed by atoms with Crippen LogP contribution in [0.4, 0.5) is 13.2 Å². The molecule has 0 aliphatic rings. The molecule has 0 fully saturated rings. The SMILES string of the molecule is CS(=O)(=O)Cc1ccc(C(=O)OCc2nc(-c3ccc(C(F)(F)F)cc3)no2)cc1. The number of alkyl halides is 3. The van der Waals surface area contributed by atoms with Crippen molar-refractivity contribution < 1.29 is 35.6 Å². The van der Waals surface area contributed by atoms with E-state index in [0.717, 1.165) is 18.4 Å². The Balaban J connectivity index is 1.60. The van der Waals surface area contributed by atoms with Crippen molar-refractivity contribution in [1.82, 2.24) is 10.1 Å². The molecule has 0 radical (unpaired) electrons. The van der Waals surface area contributed by atoms with Gasteiger partial charge in [0.1, 0.15) is 0 Å². The summed E-state index contributed by atoms with van der Waals surface area (Å²) in [6, 6.07) is 10.1. The van der Waals surface area contributed by atoms with Gasteiger partial charge in [-0.25, -0.2) is 13.2 Å². The van der Waals surface area contributed by atoms with Gasteiger partial charge in [0.2, 0.25) is 5.82 Å². The summed E-state index contributed by atoms with van der Waals surface area (Å²) in [6.45, 7) is -0.336. The van der Waals surface area contributed by atoms with Crippen molar-refractivity contribution in [1.29, 1.82) is 0 Å². The number of rotatable bonds is 6. The van der Waals surface area contributed by atoms with Crippen LogP contribution < -0.4 is 0 Å². The number of hydrogen-bond acceptors (Lipinski definition) is 7. The lowest BCUT2D eigenvalue weighted by atomic mass is 10.1. The van der Waals surface area contributed by atoms with Crippen LogP contribution in [0.1, 0.15) is 27.4 Å². The van der Waals surface area contributed by atoms with Crippen LogP contribution in [-0.2, 0) is 33.1 Å². The zero-order chi connectivity index (χ0) is 21.9. The highest BCUT2D eigenvalue weighted by Gasteiger charge is 2.30. The minimum atomic E-state index is -4.45. The zero-order valence-electron chi connectivity index (χ0n) is 15.5. The van der Waals surface area contributed by atoms with Crippen molar-refractivity contribution in [3.05, 3.63) is 71.1 Å². The molecule has 0 amide bonds. The van der Waals surface area contributed by atoms with Crippen LogP contribution in [0.2, 0.25) is 0 Å². The first kappa shape index (κ1) is 21.5. The normalized spacial score (nSPS) is 12.0. The first-order valence-corrected chi connectivity index (χ1v) is 10.5. The molecule has 3 rings (SSSR count). The first-order valence-electron chi connectivity index (χ1n) is 8.45. The number of ether oxygens (including phenoxy) is 1. The minimum Gasteiger partial charge on any atom is -0.452 e. The average Bonchev–Trinajstić information content (AvgIpc) is 3.14. The van der Waals surface area contributed by atoms with E-state index in [-0.39, 0.29) is 29.6 Å². The van der Waals surface area contributed by atoms with Crippen molar-refractivity contribution in [3.63, 3.8) is 0 Å². The minimum absolute atomic E-state index is 0.0352. The maximum absolute atomic E-state index is 12.6. The van der Waals surface area contributed by atoms with Crippen LogP contribution in [-0.4, -0.2) is 30.8 Å². The van der Waals surface area contributed by atoms with Gasteiger partial charge in [0, 0.05) is 11.8 Å². The molecule has 0 bridgehead atoms. The predicted octanol–water partition coefficient (Wildman–Crippen LogP) is 3.66. The quantitative estimate of drug-likeness (QED) is 0.540. The number of nitrogens with zero attached hydrogens (tertiary/aromatic N) is 2. The third-order valence-corrected chi connectivity index (χ3v) is 4.74. The number of carbonyl (C=O) groups is 1. The fourth-order valence-corrected chi connectivity index (χ4v) is 3.29. The molecule has 0 N–H and O–H groups in total. The molecule has 0 spiro atoms. The maximum Gasteiger partial charge on any atom is 0.416 e. The number of carbonyl (C=O) groups excluding carboxylic acids is 1. The number of halogens is 3.